The van der Waals surface area contributed by atoms with E-state index >= 15 is 4.39 Å². The maximum atomic E-state index is 15.0. The fourth-order valence-electron chi connectivity index (χ4n) is 4.02. The zero-order valence-corrected chi connectivity index (χ0v) is 15.9. The number of carboxylic acids is 1. The van der Waals surface area contributed by atoms with Crippen molar-refractivity contribution in [3.63, 3.8) is 0 Å². The minimum absolute atomic E-state index is 0.0179. The monoisotopic (exact) mass is 393 g/mol. The van der Waals surface area contributed by atoms with Crippen LogP contribution in [0, 0.1) is 5.82 Å². The number of nitrogens with zero attached hydrogens (tertiary/aromatic N) is 2. The molecule has 2 atom stereocenters. The summed E-state index contributed by atoms with van der Waals surface area (Å²) in [5.41, 5.74) is -0.364. The van der Waals surface area contributed by atoms with E-state index in [1.165, 1.54) is 6.20 Å². The third kappa shape index (κ3) is 3.08. The fourth-order valence-corrected chi connectivity index (χ4v) is 4.43. The number of hydrogen-bond acceptors (Lipinski definition) is 4. The molecule has 1 saturated carbocycles. The Bertz CT molecular complexity index is 992. The van der Waals surface area contributed by atoms with Gasteiger partial charge in [-0.15, -0.1) is 0 Å². The lowest BCUT2D eigenvalue weighted by Gasteiger charge is -2.38. The second-order valence-electron chi connectivity index (χ2n) is 7.61. The second-order valence-corrected chi connectivity index (χ2v) is 7.98. The lowest BCUT2D eigenvalue weighted by Crippen LogP contribution is -2.54. The number of rotatable bonds is 3. The van der Waals surface area contributed by atoms with Crippen molar-refractivity contribution in [1.82, 2.24) is 9.88 Å². The summed E-state index contributed by atoms with van der Waals surface area (Å²) >= 11 is 6.65. The average molecular weight is 394 g/mol. The molecule has 0 spiro atoms. The van der Waals surface area contributed by atoms with E-state index in [1.54, 1.807) is 4.57 Å². The van der Waals surface area contributed by atoms with Crippen molar-refractivity contribution >= 4 is 34.2 Å². The Kier molecular flexibility index (Phi) is 4.39. The molecule has 2 aromatic rings. The van der Waals surface area contributed by atoms with E-state index in [-0.39, 0.29) is 39.8 Å². The predicted molar refractivity (Wildman–Crippen MR) is 103 cm³/mol. The number of benzene rings is 1. The molecule has 1 aromatic carbocycles. The summed E-state index contributed by atoms with van der Waals surface area (Å²) in [7, 11) is 0. The van der Waals surface area contributed by atoms with Gasteiger partial charge in [-0.1, -0.05) is 11.6 Å². The van der Waals surface area contributed by atoms with Crippen molar-refractivity contribution in [1.29, 1.82) is 0 Å². The highest BCUT2D eigenvalue weighted by Crippen LogP contribution is 2.42. The van der Waals surface area contributed by atoms with Gasteiger partial charge in [0.2, 0.25) is 5.43 Å². The molecule has 1 aliphatic carbocycles. The molecule has 1 aromatic heterocycles. The maximum Gasteiger partial charge on any atom is 0.341 e. The van der Waals surface area contributed by atoms with E-state index in [4.69, 9.17) is 11.6 Å². The Balaban J connectivity index is 1.98. The van der Waals surface area contributed by atoms with Crippen LogP contribution in [0.15, 0.2) is 17.1 Å². The van der Waals surface area contributed by atoms with Gasteiger partial charge in [0.1, 0.15) is 11.4 Å². The Labute approximate surface area is 160 Å². The van der Waals surface area contributed by atoms with Crippen LogP contribution in [-0.4, -0.2) is 40.8 Å². The summed E-state index contributed by atoms with van der Waals surface area (Å²) in [6.07, 6.45) is 3.10. The van der Waals surface area contributed by atoms with Gasteiger partial charge in [0.05, 0.1) is 21.6 Å². The molecule has 144 valence electrons. The first-order valence-corrected chi connectivity index (χ1v) is 9.46. The molecule has 2 N–H and O–H groups in total. The van der Waals surface area contributed by atoms with Crippen molar-refractivity contribution in [2.24, 2.45) is 0 Å². The van der Waals surface area contributed by atoms with Crippen LogP contribution in [0.5, 0.6) is 0 Å². The van der Waals surface area contributed by atoms with Crippen LogP contribution in [0.1, 0.15) is 43.1 Å². The molecule has 1 saturated heterocycles. The zero-order chi connectivity index (χ0) is 19.5. The molecule has 8 heteroatoms. The number of carboxylic acid groups (broad SMARTS) is 1. The van der Waals surface area contributed by atoms with Crippen molar-refractivity contribution in [3.05, 3.63) is 38.9 Å². The molecule has 0 unspecified atom stereocenters. The number of piperazine rings is 1. The Morgan fingerprint density at radius 1 is 1.30 bits per heavy atom. The number of pyridine rings is 1. The quantitative estimate of drug-likeness (QED) is 0.838. The smallest absolute Gasteiger partial charge is 0.341 e. The first-order valence-electron chi connectivity index (χ1n) is 9.09. The summed E-state index contributed by atoms with van der Waals surface area (Å²) in [6, 6.07) is 1.56. The molecule has 4 rings (SSSR count). The molecule has 2 fully saturated rings. The van der Waals surface area contributed by atoms with Crippen LogP contribution in [0.25, 0.3) is 10.9 Å². The highest BCUT2D eigenvalue weighted by molar-refractivity contribution is 6.38. The van der Waals surface area contributed by atoms with E-state index in [9.17, 15) is 14.7 Å². The summed E-state index contributed by atoms with van der Waals surface area (Å²) in [6.45, 7) is 5.23. The number of aromatic carboxylic acids is 1. The maximum absolute atomic E-state index is 15.0. The summed E-state index contributed by atoms with van der Waals surface area (Å²) in [4.78, 5) is 26.0. The molecule has 0 radical (unpaired) electrons. The number of carbonyl (C=O) groups is 1. The lowest BCUT2D eigenvalue weighted by atomic mass is 10.1. The number of halogens is 2. The van der Waals surface area contributed by atoms with Gasteiger partial charge in [-0.05, 0) is 32.8 Å². The van der Waals surface area contributed by atoms with Crippen LogP contribution in [0.3, 0.4) is 0 Å². The highest BCUT2D eigenvalue weighted by Gasteiger charge is 2.31. The molecule has 0 bridgehead atoms. The van der Waals surface area contributed by atoms with Gasteiger partial charge in [0, 0.05) is 37.4 Å². The SMILES string of the molecule is C[C@H]1CN(c2c(F)cc3c(=O)c(C(=O)O)cn(C4CC4)c3c2Cl)C[C@H](C)N1. The Hall–Kier alpha value is -2.12. The van der Waals surface area contributed by atoms with Gasteiger partial charge < -0.3 is 19.9 Å². The standard InChI is InChI=1S/C19H21ClFN3O3/c1-9-6-23(7-10(2)22-9)17-14(21)5-12-16(15(17)20)24(11-3-4-11)8-13(18(12)25)19(26)27/h5,8-11,22H,3-4,6-7H2,1-2H3,(H,26,27)/t9-,10-/m0/s1. The van der Waals surface area contributed by atoms with Crippen LogP contribution >= 0.6 is 11.6 Å². The zero-order valence-electron chi connectivity index (χ0n) is 15.1. The van der Waals surface area contributed by atoms with Crippen molar-refractivity contribution in [3.8, 4) is 0 Å². The topological polar surface area (TPSA) is 74.6 Å². The van der Waals surface area contributed by atoms with Gasteiger partial charge in [-0.25, -0.2) is 9.18 Å². The molecule has 1 aliphatic heterocycles. The second kappa shape index (κ2) is 6.49. The van der Waals surface area contributed by atoms with Crippen molar-refractivity contribution < 1.29 is 14.3 Å². The van der Waals surface area contributed by atoms with E-state index in [1.807, 2.05) is 18.7 Å². The Morgan fingerprint density at radius 3 is 2.48 bits per heavy atom. The van der Waals surface area contributed by atoms with Crippen LogP contribution in [0.2, 0.25) is 5.02 Å². The normalized spacial score (nSPS) is 23.0. The number of fused-ring (bicyclic) bond motifs is 1. The van der Waals surface area contributed by atoms with Crippen molar-refractivity contribution in [2.45, 2.75) is 44.8 Å². The van der Waals surface area contributed by atoms with Crippen LogP contribution in [0.4, 0.5) is 10.1 Å². The summed E-state index contributed by atoms with van der Waals surface area (Å²) in [5, 5.41) is 12.9. The molecule has 2 heterocycles. The fraction of sp³-hybridized carbons (Fsp3) is 0.474. The Morgan fingerprint density at radius 2 is 1.93 bits per heavy atom. The third-order valence-corrected chi connectivity index (χ3v) is 5.59. The molecular weight excluding hydrogens is 373 g/mol. The minimum Gasteiger partial charge on any atom is -0.477 e. The molecular formula is C19H21ClFN3O3. The third-order valence-electron chi connectivity index (χ3n) is 5.23. The van der Waals surface area contributed by atoms with Gasteiger partial charge in [0.15, 0.2) is 0 Å². The van der Waals surface area contributed by atoms with Gasteiger partial charge in [-0.2, -0.15) is 0 Å². The first kappa shape index (κ1) is 18.3. The molecule has 2 aliphatic rings. The van der Waals surface area contributed by atoms with Crippen molar-refractivity contribution in [2.75, 3.05) is 18.0 Å². The predicted octanol–water partition coefficient (Wildman–Crippen LogP) is 3.01. The summed E-state index contributed by atoms with van der Waals surface area (Å²) in [5.74, 6) is -1.92. The number of aromatic nitrogens is 1. The van der Waals surface area contributed by atoms with E-state index in [2.05, 4.69) is 5.32 Å². The number of hydrogen-bond donors (Lipinski definition) is 2. The van der Waals surface area contributed by atoms with Gasteiger partial charge in [0.25, 0.3) is 0 Å². The van der Waals surface area contributed by atoms with Crippen LogP contribution in [-0.2, 0) is 0 Å². The molecule has 0 amide bonds. The largest absolute Gasteiger partial charge is 0.477 e. The first-order chi connectivity index (χ1) is 12.8. The number of nitrogens with one attached hydrogen (secondary N) is 1. The average Bonchev–Trinajstić information content (AvgIpc) is 3.39. The van der Waals surface area contributed by atoms with E-state index < -0.39 is 17.2 Å². The molecule has 6 nitrogen and oxygen atoms in total. The minimum atomic E-state index is -1.32. The number of anilines is 1. The highest BCUT2D eigenvalue weighted by atomic mass is 35.5. The summed E-state index contributed by atoms with van der Waals surface area (Å²) < 4.78 is 16.8. The van der Waals surface area contributed by atoms with Gasteiger partial charge in [-0.3, -0.25) is 4.79 Å². The van der Waals surface area contributed by atoms with E-state index in [0.29, 0.717) is 18.6 Å². The van der Waals surface area contributed by atoms with Crippen LogP contribution < -0.4 is 15.6 Å². The van der Waals surface area contributed by atoms with E-state index in [0.717, 1.165) is 18.9 Å². The lowest BCUT2D eigenvalue weighted by molar-refractivity contribution is 0.0695. The molecule has 27 heavy (non-hydrogen) atoms. The van der Waals surface area contributed by atoms with Gasteiger partial charge >= 0.3 is 5.97 Å².